The number of likely N-dealkylation sites (N-methyl/N-ethyl adjacent to an activating group) is 1. The summed E-state index contributed by atoms with van der Waals surface area (Å²) in [6.45, 7) is 4.13. The van der Waals surface area contributed by atoms with E-state index in [0.29, 0.717) is 0 Å². The largest absolute Gasteiger partial charge is 0.373 e. The highest BCUT2D eigenvalue weighted by Crippen LogP contribution is 2.52. The topological polar surface area (TPSA) is 21.3 Å². The molecule has 1 heterocycles. The van der Waals surface area contributed by atoms with Gasteiger partial charge in [0.15, 0.2) is 0 Å². The number of hydrogen-bond donors (Lipinski definition) is 1. The number of ether oxygens (including phenoxy) is 1. The van der Waals surface area contributed by atoms with E-state index in [0.717, 1.165) is 13.2 Å². The summed E-state index contributed by atoms with van der Waals surface area (Å²) in [5, 5.41) is 3.78. The van der Waals surface area contributed by atoms with Crippen molar-refractivity contribution in [1.29, 1.82) is 0 Å². The minimum Gasteiger partial charge on any atom is -0.373 e. The van der Waals surface area contributed by atoms with E-state index in [1.54, 1.807) is 0 Å². The minimum atomic E-state index is 0.0412. The normalized spacial score (nSPS) is 35.4. The fourth-order valence-corrected chi connectivity index (χ4v) is 3.91. The monoisotopic (exact) mass is 245 g/mol. The Morgan fingerprint density at radius 3 is 2.44 bits per heavy atom. The molecule has 98 valence electrons. The van der Waals surface area contributed by atoms with Gasteiger partial charge in [-0.05, 0) is 24.9 Å². The Bertz CT molecular complexity index is 395. The second kappa shape index (κ2) is 4.67. The molecule has 1 aliphatic carbocycles. The first kappa shape index (κ1) is 12.2. The van der Waals surface area contributed by atoms with Crippen LogP contribution in [0.1, 0.15) is 44.6 Å². The third kappa shape index (κ3) is 1.63. The zero-order valence-electron chi connectivity index (χ0n) is 11.2. The van der Waals surface area contributed by atoms with Gasteiger partial charge >= 0.3 is 0 Å². The zero-order valence-corrected chi connectivity index (χ0v) is 11.2. The number of rotatable bonds is 3. The van der Waals surface area contributed by atoms with E-state index in [-0.39, 0.29) is 11.1 Å². The van der Waals surface area contributed by atoms with Crippen LogP contribution in [0.3, 0.4) is 0 Å². The van der Waals surface area contributed by atoms with Crippen molar-refractivity contribution in [2.75, 3.05) is 13.2 Å². The summed E-state index contributed by atoms with van der Waals surface area (Å²) in [6.07, 6.45) is 6.21. The predicted octanol–water partition coefficient (Wildman–Crippen LogP) is 3.22. The molecular formula is C16H23NO. The summed E-state index contributed by atoms with van der Waals surface area (Å²) in [6, 6.07) is 10.9. The summed E-state index contributed by atoms with van der Waals surface area (Å²) < 4.78 is 6.12. The molecular weight excluding hydrogens is 222 g/mol. The van der Waals surface area contributed by atoms with Crippen molar-refractivity contribution >= 4 is 0 Å². The average Bonchev–Trinajstić information content (AvgIpc) is 2.39. The van der Waals surface area contributed by atoms with Crippen molar-refractivity contribution in [3.05, 3.63) is 35.9 Å². The molecule has 2 atom stereocenters. The van der Waals surface area contributed by atoms with E-state index in [1.165, 1.54) is 37.7 Å². The maximum absolute atomic E-state index is 6.12. The zero-order chi connectivity index (χ0) is 12.5. The summed E-state index contributed by atoms with van der Waals surface area (Å²) >= 11 is 0. The van der Waals surface area contributed by atoms with Gasteiger partial charge in [0.1, 0.15) is 0 Å². The first-order valence-corrected chi connectivity index (χ1v) is 7.27. The van der Waals surface area contributed by atoms with E-state index in [1.807, 2.05) is 0 Å². The van der Waals surface area contributed by atoms with Crippen LogP contribution in [0.15, 0.2) is 30.3 Å². The van der Waals surface area contributed by atoms with Crippen LogP contribution < -0.4 is 5.32 Å². The molecule has 3 rings (SSSR count). The SMILES string of the molecule is CCN[C@@]1(c2ccccc2)CCCCC12CCO2. The molecule has 2 aliphatic rings. The molecule has 1 aromatic rings. The molecule has 1 saturated carbocycles. The second-order valence-corrected chi connectivity index (χ2v) is 5.60. The van der Waals surface area contributed by atoms with Gasteiger partial charge in [-0.1, -0.05) is 50.1 Å². The standard InChI is InChI=1S/C16H23NO/c1-2-17-16(14-8-4-3-5-9-14)11-7-6-10-15(16)12-13-18-15/h3-5,8-9,17H,2,6-7,10-13H2,1H3/t15?,16-/m1/s1. The molecule has 0 aromatic heterocycles. The smallest absolute Gasteiger partial charge is 0.0926 e. The highest BCUT2D eigenvalue weighted by Gasteiger charge is 2.57. The minimum absolute atomic E-state index is 0.0412. The number of benzene rings is 1. The van der Waals surface area contributed by atoms with Crippen LogP contribution in [0.2, 0.25) is 0 Å². The highest BCUT2D eigenvalue weighted by atomic mass is 16.5. The Balaban J connectivity index is 2.04. The maximum Gasteiger partial charge on any atom is 0.0926 e. The molecule has 1 N–H and O–H groups in total. The van der Waals surface area contributed by atoms with E-state index in [9.17, 15) is 0 Å². The molecule has 0 bridgehead atoms. The highest BCUT2D eigenvalue weighted by molar-refractivity contribution is 5.31. The quantitative estimate of drug-likeness (QED) is 0.883. The second-order valence-electron chi connectivity index (χ2n) is 5.60. The number of nitrogens with one attached hydrogen (secondary N) is 1. The molecule has 2 heteroatoms. The number of hydrogen-bond acceptors (Lipinski definition) is 2. The molecule has 1 aromatic carbocycles. The third-order valence-electron chi connectivity index (χ3n) is 4.79. The Morgan fingerprint density at radius 2 is 1.83 bits per heavy atom. The lowest BCUT2D eigenvalue weighted by molar-refractivity contribution is -0.218. The van der Waals surface area contributed by atoms with Crippen molar-refractivity contribution in [1.82, 2.24) is 5.32 Å². The molecule has 1 aliphatic heterocycles. The molecule has 1 unspecified atom stereocenters. The lowest BCUT2D eigenvalue weighted by atomic mass is 9.62. The van der Waals surface area contributed by atoms with Gasteiger partial charge in [0.2, 0.25) is 0 Å². The Kier molecular flexibility index (Phi) is 3.16. The molecule has 2 nitrogen and oxygen atoms in total. The maximum atomic E-state index is 6.12. The van der Waals surface area contributed by atoms with Gasteiger partial charge in [-0.25, -0.2) is 0 Å². The molecule has 1 saturated heterocycles. The van der Waals surface area contributed by atoms with Crippen LogP contribution >= 0.6 is 0 Å². The first-order valence-electron chi connectivity index (χ1n) is 7.27. The Morgan fingerprint density at radius 1 is 1.11 bits per heavy atom. The van der Waals surface area contributed by atoms with Crippen molar-refractivity contribution in [2.45, 2.75) is 50.2 Å². The van der Waals surface area contributed by atoms with E-state index < -0.39 is 0 Å². The molecule has 2 fully saturated rings. The van der Waals surface area contributed by atoms with Crippen LogP contribution in [0.25, 0.3) is 0 Å². The average molecular weight is 245 g/mol. The Hall–Kier alpha value is -0.860. The fraction of sp³-hybridized carbons (Fsp3) is 0.625. The van der Waals surface area contributed by atoms with Gasteiger partial charge in [-0.2, -0.15) is 0 Å². The van der Waals surface area contributed by atoms with E-state index in [2.05, 4.69) is 42.6 Å². The van der Waals surface area contributed by atoms with Crippen molar-refractivity contribution < 1.29 is 4.74 Å². The van der Waals surface area contributed by atoms with Gasteiger partial charge in [0, 0.05) is 6.42 Å². The van der Waals surface area contributed by atoms with Crippen molar-refractivity contribution in [3.8, 4) is 0 Å². The summed E-state index contributed by atoms with van der Waals surface area (Å²) in [5.41, 5.74) is 1.51. The molecule has 0 radical (unpaired) electrons. The summed E-state index contributed by atoms with van der Waals surface area (Å²) in [7, 11) is 0. The van der Waals surface area contributed by atoms with Crippen molar-refractivity contribution in [2.24, 2.45) is 0 Å². The third-order valence-corrected chi connectivity index (χ3v) is 4.79. The molecule has 18 heavy (non-hydrogen) atoms. The molecule has 1 spiro atoms. The van der Waals surface area contributed by atoms with Crippen LogP contribution in [0.4, 0.5) is 0 Å². The van der Waals surface area contributed by atoms with Crippen LogP contribution in [-0.2, 0) is 10.3 Å². The predicted molar refractivity (Wildman–Crippen MR) is 73.6 cm³/mol. The van der Waals surface area contributed by atoms with Gasteiger partial charge < -0.3 is 10.1 Å². The summed E-state index contributed by atoms with van der Waals surface area (Å²) in [4.78, 5) is 0. The van der Waals surface area contributed by atoms with Gasteiger partial charge in [0.05, 0.1) is 17.7 Å². The van der Waals surface area contributed by atoms with Gasteiger partial charge in [0.25, 0.3) is 0 Å². The van der Waals surface area contributed by atoms with Gasteiger partial charge in [-0.15, -0.1) is 0 Å². The van der Waals surface area contributed by atoms with Crippen LogP contribution in [0, 0.1) is 0 Å². The summed E-state index contributed by atoms with van der Waals surface area (Å²) in [5.74, 6) is 0. The lowest BCUT2D eigenvalue weighted by Gasteiger charge is -2.59. The van der Waals surface area contributed by atoms with Crippen molar-refractivity contribution in [3.63, 3.8) is 0 Å². The molecule has 0 amide bonds. The van der Waals surface area contributed by atoms with Crippen LogP contribution in [0.5, 0.6) is 0 Å². The van der Waals surface area contributed by atoms with E-state index in [4.69, 9.17) is 4.74 Å². The fourth-order valence-electron chi connectivity index (χ4n) is 3.91. The lowest BCUT2D eigenvalue weighted by Crippen LogP contribution is -2.67. The van der Waals surface area contributed by atoms with E-state index >= 15 is 0 Å². The van der Waals surface area contributed by atoms with Crippen LogP contribution in [-0.4, -0.2) is 18.8 Å². The Labute approximate surface area is 110 Å². The first-order chi connectivity index (χ1) is 8.83. The van der Waals surface area contributed by atoms with Gasteiger partial charge in [-0.3, -0.25) is 0 Å².